The summed E-state index contributed by atoms with van der Waals surface area (Å²) in [6.45, 7) is 3.68. The lowest BCUT2D eigenvalue weighted by Gasteiger charge is -2.33. The van der Waals surface area contributed by atoms with Crippen LogP contribution in [0.5, 0.6) is 0 Å². The molecule has 7 nitrogen and oxygen atoms in total. The molecule has 1 amide bonds. The Morgan fingerprint density at radius 3 is 2.57 bits per heavy atom. The van der Waals surface area contributed by atoms with E-state index in [4.69, 9.17) is 5.10 Å². The standard InChI is InChI=1S/C28H30N6O/c1-19-9-11-21(12-10-19)27-31-30-25-13-14-26(32-34(25)27)33-17-15-22(16-18-33)28(35)29-24-8-4-6-20-5-2-3-7-23(20)24/h2-3,5,7,9-14,22,24H,4,6,8,15-18H2,1H3,(H,29,35)/t24-/m1/s1. The van der Waals surface area contributed by atoms with E-state index in [1.807, 2.05) is 16.6 Å². The van der Waals surface area contributed by atoms with Gasteiger partial charge in [0, 0.05) is 24.6 Å². The minimum Gasteiger partial charge on any atom is -0.355 e. The Morgan fingerprint density at radius 1 is 0.943 bits per heavy atom. The van der Waals surface area contributed by atoms with Crippen LogP contribution < -0.4 is 10.2 Å². The van der Waals surface area contributed by atoms with Gasteiger partial charge in [-0.3, -0.25) is 4.79 Å². The Kier molecular flexibility index (Phi) is 5.68. The van der Waals surface area contributed by atoms with E-state index in [1.54, 1.807) is 0 Å². The van der Waals surface area contributed by atoms with E-state index >= 15 is 0 Å². The zero-order chi connectivity index (χ0) is 23.8. The van der Waals surface area contributed by atoms with Crippen molar-refractivity contribution in [3.63, 3.8) is 0 Å². The number of carbonyl (C=O) groups excluding carboxylic acids is 1. The molecule has 1 N–H and O–H groups in total. The molecule has 2 aromatic carbocycles. The van der Waals surface area contributed by atoms with E-state index in [9.17, 15) is 4.79 Å². The molecule has 178 valence electrons. The third-order valence-electron chi connectivity index (χ3n) is 7.43. The van der Waals surface area contributed by atoms with Crippen LogP contribution in [0.2, 0.25) is 0 Å². The third kappa shape index (κ3) is 4.27. The van der Waals surface area contributed by atoms with Gasteiger partial charge in [-0.15, -0.1) is 15.3 Å². The van der Waals surface area contributed by atoms with Gasteiger partial charge in [0.1, 0.15) is 5.82 Å². The Bertz CT molecular complexity index is 1350. The van der Waals surface area contributed by atoms with Crippen molar-refractivity contribution in [2.45, 2.75) is 45.1 Å². The number of rotatable bonds is 4. The van der Waals surface area contributed by atoms with Crippen LogP contribution >= 0.6 is 0 Å². The molecule has 1 aliphatic heterocycles. The van der Waals surface area contributed by atoms with Gasteiger partial charge in [0.25, 0.3) is 0 Å². The van der Waals surface area contributed by atoms with E-state index in [2.05, 4.69) is 75.9 Å². The van der Waals surface area contributed by atoms with Crippen LogP contribution in [0.15, 0.2) is 60.7 Å². The normalized spacial score (nSPS) is 18.4. The first kappa shape index (κ1) is 21.8. The van der Waals surface area contributed by atoms with Crippen LogP contribution in [0.4, 0.5) is 5.82 Å². The third-order valence-corrected chi connectivity index (χ3v) is 7.43. The van der Waals surface area contributed by atoms with Crippen molar-refractivity contribution < 1.29 is 4.79 Å². The molecule has 0 spiro atoms. The number of nitrogens with one attached hydrogen (secondary N) is 1. The zero-order valence-corrected chi connectivity index (χ0v) is 20.0. The van der Waals surface area contributed by atoms with Crippen LogP contribution in [0.25, 0.3) is 17.0 Å². The minimum atomic E-state index is 0.0436. The number of hydrogen-bond donors (Lipinski definition) is 1. The molecular formula is C28H30N6O. The quantitative estimate of drug-likeness (QED) is 0.479. The summed E-state index contributed by atoms with van der Waals surface area (Å²) in [6.07, 6.45) is 4.91. The van der Waals surface area contributed by atoms with Gasteiger partial charge in [0.2, 0.25) is 5.91 Å². The fourth-order valence-corrected chi connectivity index (χ4v) is 5.39. The molecule has 0 radical (unpaired) electrons. The Labute approximate surface area is 205 Å². The molecule has 1 aliphatic carbocycles. The minimum absolute atomic E-state index is 0.0436. The molecule has 2 aliphatic rings. The second-order valence-electron chi connectivity index (χ2n) is 9.76. The molecule has 4 aromatic rings. The smallest absolute Gasteiger partial charge is 0.223 e. The van der Waals surface area contributed by atoms with E-state index in [0.717, 1.165) is 68.0 Å². The number of anilines is 1. The molecule has 6 rings (SSSR count). The van der Waals surface area contributed by atoms with Gasteiger partial charge >= 0.3 is 0 Å². The fourth-order valence-electron chi connectivity index (χ4n) is 5.39. The van der Waals surface area contributed by atoms with Gasteiger partial charge in [0.15, 0.2) is 11.5 Å². The fraction of sp³-hybridized carbons (Fsp3) is 0.357. The van der Waals surface area contributed by atoms with Gasteiger partial charge in [-0.2, -0.15) is 4.52 Å². The molecule has 0 bridgehead atoms. The van der Waals surface area contributed by atoms with Crippen LogP contribution in [-0.2, 0) is 11.2 Å². The molecule has 7 heteroatoms. The topological polar surface area (TPSA) is 75.4 Å². The first-order valence-corrected chi connectivity index (χ1v) is 12.6. The molecule has 1 atom stereocenters. The molecule has 0 unspecified atom stereocenters. The molecule has 0 saturated carbocycles. The highest BCUT2D eigenvalue weighted by Crippen LogP contribution is 2.31. The lowest BCUT2D eigenvalue weighted by atomic mass is 9.87. The number of carbonyl (C=O) groups is 1. The highest BCUT2D eigenvalue weighted by atomic mass is 16.2. The monoisotopic (exact) mass is 466 g/mol. The predicted octanol–water partition coefficient (Wildman–Crippen LogP) is 4.51. The summed E-state index contributed by atoms with van der Waals surface area (Å²) < 4.78 is 1.82. The molecule has 2 aromatic heterocycles. The highest BCUT2D eigenvalue weighted by molar-refractivity contribution is 5.79. The zero-order valence-electron chi connectivity index (χ0n) is 20.0. The average Bonchev–Trinajstić information content (AvgIpc) is 3.33. The van der Waals surface area contributed by atoms with Crippen molar-refractivity contribution in [3.8, 4) is 11.4 Å². The maximum atomic E-state index is 13.1. The van der Waals surface area contributed by atoms with E-state index in [0.29, 0.717) is 0 Å². The molecular weight excluding hydrogens is 436 g/mol. The number of piperidine rings is 1. The number of aryl methyl sites for hydroxylation is 2. The van der Waals surface area contributed by atoms with E-state index in [-0.39, 0.29) is 17.9 Å². The van der Waals surface area contributed by atoms with Crippen molar-refractivity contribution in [2.24, 2.45) is 5.92 Å². The van der Waals surface area contributed by atoms with E-state index < -0.39 is 0 Å². The average molecular weight is 467 g/mol. The van der Waals surface area contributed by atoms with Crippen LogP contribution in [0.1, 0.15) is 48.4 Å². The predicted molar refractivity (Wildman–Crippen MR) is 136 cm³/mol. The van der Waals surface area contributed by atoms with Crippen molar-refractivity contribution in [1.82, 2.24) is 25.1 Å². The first-order chi connectivity index (χ1) is 17.2. The summed E-state index contributed by atoms with van der Waals surface area (Å²) in [4.78, 5) is 15.4. The Morgan fingerprint density at radius 2 is 1.74 bits per heavy atom. The highest BCUT2D eigenvalue weighted by Gasteiger charge is 2.29. The number of hydrogen-bond acceptors (Lipinski definition) is 5. The number of aromatic nitrogens is 4. The molecule has 35 heavy (non-hydrogen) atoms. The first-order valence-electron chi connectivity index (χ1n) is 12.6. The number of amides is 1. The number of fused-ring (bicyclic) bond motifs is 2. The van der Waals surface area contributed by atoms with Gasteiger partial charge in [-0.1, -0.05) is 54.1 Å². The number of benzene rings is 2. The van der Waals surface area contributed by atoms with Gasteiger partial charge < -0.3 is 10.2 Å². The van der Waals surface area contributed by atoms with Crippen molar-refractivity contribution in [3.05, 3.63) is 77.4 Å². The summed E-state index contributed by atoms with van der Waals surface area (Å²) in [7, 11) is 0. The summed E-state index contributed by atoms with van der Waals surface area (Å²) in [5, 5.41) is 16.9. The van der Waals surface area contributed by atoms with E-state index in [1.165, 1.54) is 16.7 Å². The maximum Gasteiger partial charge on any atom is 0.223 e. The SMILES string of the molecule is Cc1ccc(-c2nnc3ccc(N4CCC(C(=O)N[C@@H]5CCCc6ccccc65)CC4)nn23)cc1. The Balaban J connectivity index is 1.13. The lowest BCUT2D eigenvalue weighted by molar-refractivity contribution is -0.126. The molecule has 3 heterocycles. The van der Waals surface area contributed by atoms with Gasteiger partial charge in [-0.05, 0) is 62.3 Å². The van der Waals surface area contributed by atoms with Gasteiger partial charge in [-0.25, -0.2) is 0 Å². The second kappa shape index (κ2) is 9.13. The summed E-state index contributed by atoms with van der Waals surface area (Å²) in [5.74, 6) is 1.87. The van der Waals surface area contributed by atoms with Crippen molar-refractivity contribution in [1.29, 1.82) is 0 Å². The van der Waals surface area contributed by atoms with Gasteiger partial charge in [0.05, 0.1) is 6.04 Å². The largest absolute Gasteiger partial charge is 0.355 e. The summed E-state index contributed by atoms with van der Waals surface area (Å²) in [6, 6.07) is 20.9. The van der Waals surface area contributed by atoms with Crippen LogP contribution in [0.3, 0.4) is 0 Å². The van der Waals surface area contributed by atoms with Crippen molar-refractivity contribution >= 4 is 17.4 Å². The summed E-state index contributed by atoms with van der Waals surface area (Å²) >= 11 is 0. The second-order valence-corrected chi connectivity index (χ2v) is 9.76. The van der Waals surface area contributed by atoms with Crippen LogP contribution in [-0.4, -0.2) is 38.8 Å². The Hall–Kier alpha value is -3.74. The van der Waals surface area contributed by atoms with Crippen LogP contribution in [0, 0.1) is 12.8 Å². The summed E-state index contributed by atoms with van der Waals surface area (Å²) in [5.41, 5.74) is 5.59. The van der Waals surface area contributed by atoms with Crippen molar-refractivity contribution in [2.75, 3.05) is 18.0 Å². The number of nitrogens with zero attached hydrogens (tertiary/aromatic N) is 5. The maximum absolute atomic E-state index is 13.1. The molecule has 1 fully saturated rings. The lowest BCUT2D eigenvalue weighted by Crippen LogP contribution is -2.42. The molecule has 1 saturated heterocycles.